The van der Waals surface area contributed by atoms with Crippen LogP contribution < -0.4 is 10.6 Å². The molecule has 2 fully saturated rings. The van der Waals surface area contributed by atoms with Gasteiger partial charge in [0.05, 0.1) is 12.0 Å². The van der Waals surface area contributed by atoms with E-state index in [1.54, 1.807) is 19.2 Å². The first kappa shape index (κ1) is 17.5. The lowest BCUT2D eigenvalue weighted by Crippen LogP contribution is -2.35. The number of ether oxygens (including phenoxy) is 2. The topological polar surface area (TPSA) is 85.1 Å². The first-order chi connectivity index (χ1) is 11.9. The van der Waals surface area contributed by atoms with E-state index in [-0.39, 0.29) is 11.2 Å². The first-order valence-electron chi connectivity index (χ1n) is 8.25. The van der Waals surface area contributed by atoms with E-state index in [0.717, 1.165) is 25.2 Å². The number of anilines is 1. The number of carbonyl (C=O) groups is 2. The third-order valence-corrected chi connectivity index (χ3v) is 4.99. The van der Waals surface area contributed by atoms with Crippen molar-refractivity contribution in [2.75, 3.05) is 25.1 Å². The van der Waals surface area contributed by atoms with Gasteiger partial charge in [-0.25, -0.2) is 4.79 Å². The molecule has 136 valence electrons. The molecule has 3 rings (SSSR count). The van der Waals surface area contributed by atoms with E-state index in [1.165, 1.54) is 6.92 Å². The van der Waals surface area contributed by atoms with Crippen LogP contribution in [-0.2, 0) is 14.3 Å². The van der Waals surface area contributed by atoms with Gasteiger partial charge in [0.1, 0.15) is 12.1 Å². The molecule has 0 saturated carbocycles. The van der Waals surface area contributed by atoms with Gasteiger partial charge < -0.3 is 20.1 Å². The van der Waals surface area contributed by atoms with Crippen LogP contribution in [0, 0.1) is 5.92 Å². The van der Waals surface area contributed by atoms with Crippen LogP contribution in [0.15, 0.2) is 24.3 Å². The molecule has 0 bridgehead atoms. The number of primary amides is 1. The van der Waals surface area contributed by atoms with Crippen LogP contribution in [0.1, 0.15) is 24.9 Å². The van der Waals surface area contributed by atoms with E-state index in [0.29, 0.717) is 5.56 Å². The highest BCUT2D eigenvalue weighted by Crippen LogP contribution is 2.38. The van der Waals surface area contributed by atoms with Crippen molar-refractivity contribution in [2.24, 2.45) is 11.7 Å². The summed E-state index contributed by atoms with van der Waals surface area (Å²) in [5.74, 6) is -1.44. The largest absolute Gasteiger partial charge is 0.441 e. The third kappa shape index (κ3) is 3.26. The second-order valence-corrected chi connectivity index (χ2v) is 6.48. The molecule has 1 aromatic rings. The molecule has 1 aromatic carbocycles. The number of cyclic esters (lactones) is 1. The van der Waals surface area contributed by atoms with E-state index < -0.39 is 30.1 Å². The van der Waals surface area contributed by atoms with E-state index in [2.05, 4.69) is 4.90 Å². The molecule has 0 spiro atoms. The summed E-state index contributed by atoms with van der Waals surface area (Å²) in [6.45, 7) is 3.22. The first-order valence-corrected chi connectivity index (χ1v) is 8.25. The number of rotatable bonds is 5. The van der Waals surface area contributed by atoms with Gasteiger partial charge in [0.15, 0.2) is 0 Å². The van der Waals surface area contributed by atoms with Crippen molar-refractivity contribution in [3.8, 4) is 0 Å². The fourth-order valence-corrected chi connectivity index (χ4v) is 3.37. The van der Waals surface area contributed by atoms with E-state index >= 15 is 0 Å². The summed E-state index contributed by atoms with van der Waals surface area (Å²) in [4.78, 5) is 25.2. The molecule has 25 heavy (non-hydrogen) atoms. The van der Waals surface area contributed by atoms with Crippen LogP contribution >= 0.6 is 0 Å². The highest BCUT2D eigenvalue weighted by atomic mass is 19.2. The van der Waals surface area contributed by atoms with Crippen molar-refractivity contribution in [1.82, 2.24) is 5.12 Å². The SMILES string of the molecule is COC1CCN(c2ccc(C3C(C(C)C(N)=O)OC(=O)N3F)cc2)C1. The summed E-state index contributed by atoms with van der Waals surface area (Å²) in [6, 6.07) is 6.24. The molecule has 2 N–H and O–H groups in total. The Hall–Kier alpha value is -2.35. The zero-order valence-electron chi connectivity index (χ0n) is 14.2. The summed E-state index contributed by atoms with van der Waals surface area (Å²) < 4.78 is 24.6. The summed E-state index contributed by atoms with van der Waals surface area (Å²) in [5, 5.41) is 0.0237. The van der Waals surface area contributed by atoms with Crippen molar-refractivity contribution < 1.29 is 23.5 Å². The monoisotopic (exact) mass is 351 g/mol. The number of hydrogen-bond donors (Lipinski definition) is 1. The van der Waals surface area contributed by atoms with Gasteiger partial charge in [0, 0.05) is 25.9 Å². The minimum absolute atomic E-state index is 0.0237. The number of amides is 2. The lowest BCUT2D eigenvalue weighted by molar-refractivity contribution is -0.124. The second-order valence-electron chi connectivity index (χ2n) is 6.48. The number of nitrogens with zero attached hydrogens (tertiary/aromatic N) is 2. The maximum Gasteiger partial charge on any atom is 0.439 e. The smallest absolute Gasteiger partial charge is 0.439 e. The van der Waals surface area contributed by atoms with Gasteiger partial charge >= 0.3 is 6.09 Å². The minimum atomic E-state index is -1.10. The average molecular weight is 351 g/mol. The van der Waals surface area contributed by atoms with Gasteiger partial charge in [-0.1, -0.05) is 16.6 Å². The van der Waals surface area contributed by atoms with Gasteiger partial charge in [-0.2, -0.15) is 0 Å². The van der Waals surface area contributed by atoms with Gasteiger partial charge in [-0.05, 0) is 31.0 Å². The van der Waals surface area contributed by atoms with Crippen LogP contribution in [0.4, 0.5) is 15.0 Å². The zero-order valence-corrected chi connectivity index (χ0v) is 14.2. The Morgan fingerprint density at radius 3 is 2.64 bits per heavy atom. The lowest BCUT2D eigenvalue weighted by atomic mass is 9.92. The standard InChI is InChI=1S/C17H22FN3O4/c1-10(16(19)22)15-14(21(18)17(23)25-15)11-3-5-12(6-4-11)20-8-7-13(9-20)24-2/h3-6,10,13-15H,7-9H2,1-2H3,(H2,19,22). The van der Waals surface area contributed by atoms with Gasteiger partial charge in [0.2, 0.25) is 5.91 Å². The normalized spacial score (nSPS) is 27.5. The highest BCUT2D eigenvalue weighted by molar-refractivity contribution is 5.79. The summed E-state index contributed by atoms with van der Waals surface area (Å²) in [6.07, 6.45) is -0.887. The Morgan fingerprint density at radius 2 is 2.08 bits per heavy atom. The maximum atomic E-state index is 14.2. The van der Waals surface area contributed by atoms with Crippen molar-refractivity contribution in [2.45, 2.75) is 31.6 Å². The summed E-state index contributed by atoms with van der Waals surface area (Å²) in [7, 11) is 1.70. The van der Waals surface area contributed by atoms with Crippen molar-refractivity contribution in [3.63, 3.8) is 0 Å². The number of benzene rings is 1. The van der Waals surface area contributed by atoms with E-state index in [1.807, 2.05) is 12.1 Å². The lowest BCUT2D eigenvalue weighted by Gasteiger charge is -2.23. The fourth-order valence-electron chi connectivity index (χ4n) is 3.37. The Bertz CT molecular complexity index is 654. The molecule has 8 heteroatoms. The van der Waals surface area contributed by atoms with Gasteiger partial charge in [-0.15, -0.1) is 5.12 Å². The third-order valence-electron chi connectivity index (χ3n) is 4.99. The predicted molar refractivity (Wildman–Crippen MR) is 88.4 cm³/mol. The quantitative estimate of drug-likeness (QED) is 0.818. The van der Waals surface area contributed by atoms with Crippen LogP contribution in [0.25, 0.3) is 0 Å². The van der Waals surface area contributed by atoms with E-state index in [4.69, 9.17) is 15.2 Å². The summed E-state index contributed by atoms with van der Waals surface area (Å²) in [5.41, 5.74) is 6.84. The van der Waals surface area contributed by atoms with Gasteiger partial charge in [-0.3, -0.25) is 4.79 Å². The zero-order chi connectivity index (χ0) is 18.1. The van der Waals surface area contributed by atoms with Crippen LogP contribution in [-0.4, -0.2) is 49.5 Å². The number of nitrogens with two attached hydrogens (primary N) is 1. The molecule has 4 unspecified atom stereocenters. The summed E-state index contributed by atoms with van der Waals surface area (Å²) >= 11 is 0. The predicted octanol–water partition coefficient (Wildman–Crippen LogP) is 1.78. The molecule has 2 amide bonds. The molecule has 0 aliphatic carbocycles. The number of halogens is 1. The minimum Gasteiger partial charge on any atom is -0.441 e. The molecule has 0 aromatic heterocycles. The molecule has 2 aliphatic rings. The van der Waals surface area contributed by atoms with Crippen molar-refractivity contribution in [3.05, 3.63) is 29.8 Å². The molecule has 4 atom stereocenters. The second kappa shape index (κ2) is 6.87. The molecule has 7 nitrogen and oxygen atoms in total. The van der Waals surface area contributed by atoms with Crippen LogP contribution in [0.3, 0.4) is 0 Å². The molecule has 2 heterocycles. The molecule has 2 saturated heterocycles. The van der Waals surface area contributed by atoms with Crippen LogP contribution in [0.2, 0.25) is 0 Å². The molecular weight excluding hydrogens is 329 g/mol. The fraction of sp³-hybridized carbons (Fsp3) is 0.529. The van der Waals surface area contributed by atoms with Gasteiger partial charge in [0.25, 0.3) is 0 Å². The Labute approximate surface area is 145 Å². The highest BCUT2D eigenvalue weighted by Gasteiger charge is 2.47. The average Bonchev–Trinajstić information content (AvgIpc) is 3.20. The number of methoxy groups -OCH3 is 1. The Morgan fingerprint density at radius 1 is 1.40 bits per heavy atom. The number of carbonyl (C=O) groups excluding carboxylic acids is 2. The Kier molecular flexibility index (Phi) is 4.80. The van der Waals surface area contributed by atoms with Crippen molar-refractivity contribution in [1.29, 1.82) is 0 Å². The van der Waals surface area contributed by atoms with Crippen LogP contribution in [0.5, 0.6) is 0 Å². The molecular formula is C17H22FN3O4. The Balaban J connectivity index is 1.80. The number of hydrogen-bond acceptors (Lipinski definition) is 5. The molecule has 0 radical (unpaired) electrons. The van der Waals surface area contributed by atoms with E-state index in [9.17, 15) is 14.1 Å². The molecule has 2 aliphatic heterocycles. The maximum absolute atomic E-state index is 14.2. The van der Waals surface area contributed by atoms with Crippen molar-refractivity contribution >= 4 is 17.7 Å².